The molecule has 21 heavy (non-hydrogen) atoms. The summed E-state index contributed by atoms with van der Waals surface area (Å²) in [4.78, 5) is 21.5. The molecule has 114 valence electrons. The van der Waals surface area contributed by atoms with E-state index in [1.54, 1.807) is 6.92 Å². The average molecular weight is 294 g/mol. The summed E-state index contributed by atoms with van der Waals surface area (Å²) in [6.45, 7) is 2.84. The molecule has 7 nitrogen and oxygen atoms in total. The summed E-state index contributed by atoms with van der Waals surface area (Å²) < 4.78 is 5.58. The molecule has 1 saturated heterocycles. The van der Waals surface area contributed by atoms with E-state index in [-0.39, 0.29) is 17.4 Å². The molecule has 0 spiro atoms. The fourth-order valence-electron chi connectivity index (χ4n) is 2.39. The number of anilines is 1. The van der Waals surface area contributed by atoms with Gasteiger partial charge in [0, 0.05) is 30.5 Å². The van der Waals surface area contributed by atoms with Crippen molar-refractivity contribution in [1.29, 1.82) is 0 Å². The Balaban J connectivity index is 2.20. The van der Waals surface area contributed by atoms with Crippen LogP contribution < -0.4 is 5.32 Å². The lowest BCUT2D eigenvalue weighted by atomic mass is 10.1. The Morgan fingerprint density at radius 1 is 1.52 bits per heavy atom. The molecule has 1 aliphatic rings. The van der Waals surface area contributed by atoms with Crippen LogP contribution in [0, 0.1) is 17.0 Å². The largest absolute Gasteiger partial charge is 0.478 e. The molecule has 0 radical (unpaired) electrons. The second kappa shape index (κ2) is 6.53. The number of nitrogens with one attached hydrogen (secondary N) is 1. The molecular formula is C14H18N2O5. The molecule has 1 aromatic carbocycles. The summed E-state index contributed by atoms with van der Waals surface area (Å²) >= 11 is 0. The molecule has 1 atom stereocenters. The molecule has 2 N–H and O–H groups in total. The standard InChI is InChI=1S/C14H18N2O5/c1-9-12(15-8-11-4-2-3-5-21-11)6-10(14(17)18)7-13(9)16(19)20/h6-7,11,15H,2-5,8H2,1H3,(H,17,18). The smallest absolute Gasteiger partial charge is 0.336 e. The van der Waals surface area contributed by atoms with E-state index in [0.29, 0.717) is 17.8 Å². The van der Waals surface area contributed by atoms with Gasteiger partial charge in [0.15, 0.2) is 0 Å². The van der Waals surface area contributed by atoms with E-state index in [4.69, 9.17) is 9.84 Å². The van der Waals surface area contributed by atoms with Crippen molar-refractivity contribution in [3.05, 3.63) is 33.4 Å². The Hall–Kier alpha value is -2.15. The first-order valence-corrected chi connectivity index (χ1v) is 6.87. The molecule has 0 aromatic heterocycles. The lowest BCUT2D eigenvalue weighted by molar-refractivity contribution is -0.385. The predicted octanol–water partition coefficient (Wildman–Crippen LogP) is 2.58. The van der Waals surface area contributed by atoms with Gasteiger partial charge < -0.3 is 15.2 Å². The van der Waals surface area contributed by atoms with Crippen LogP contribution in [0.4, 0.5) is 11.4 Å². The molecule has 1 aliphatic heterocycles. The Kier molecular flexibility index (Phi) is 4.74. The topological polar surface area (TPSA) is 102 Å². The first-order chi connectivity index (χ1) is 9.99. The molecule has 0 aliphatic carbocycles. The van der Waals surface area contributed by atoms with Crippen LogP contribution in [0.2, 0.25) is 0 Å². The van der Waals surface area contributed by atoms with Gasteiger partial charge >= 0.3 is 5.97 Å². The van der Waals surface area contributed by atoms with E-state index in [1.807, 2.05) is 0 Å². The number of carboxylic acid groups (broad SMARTS) is 1. The normalized spacial score (nSPS) is 18.2. The molecule has 1 fully saturated rings. The zero-order valence-electron chi connectivity index (χ0n) is 11.8. The van der Waals surface area contributed by atoms with Crippen molar-refractivity contribution in [3.8, 4) is 0 Å². The summed E-state index contributed by atoms with van der Waals surface area (Å²) in [5, 5.41) is 23.1. The van der Waals surface area contributed by atoms with Crippen LogP contribution in [0.3, 0.4) is 0 Å². The molecule has 2 rings (SSSR count). The quantitative estimate of drug-likeness (QED) is 0.639. The number of hydrogen-bond donors (Lipinski definition) is 2. The van der Waals surface area contributed by atoms with Crippen molar-refractivity contribution in [1.82, 2.24) is 0 Å². The summed E-state index contributed by atoms with van der Waals surface area (Å²) in [6, 6.07) is 2.51. The third-order valence-corrected chi connectivity index (χ3v) is 3.62. The monoisotopic (exact) mass is 294 g/mol. The van der Waals surface area contributed by atoms with Crippen LogP contribution in [0.15, 0.2) is 12.1 Å². The zero-order chi connectivity index (χ0) is 15.4. The number of hydrogen-bond acceptors (Lipinski definition) is 5. The number of ether oxygens (including phenoxy) is 1. The summed E-state index contributed by atoms with van der Waals surface area (Å²) in [7, 11) is 0. The Bertz CT molecular complexity index is 553. The van der Waals surface area contributed by atoms with Gasteiger partial charge in [-0.1, -0.05) is 0 Å². The van der Waals surface area contributed by atoms with Gasteiger partial charge in [0.25, 0.3) is 5.69 Å². The number of carbonyl (C=O) groups is 1. The molecule has 0 saturated carbocycles. The highest BCUT2D eigenvalue weighted by molar-refractivity contribution is 5.90. The van der Waals surface area contributed by atoms with Crippen LogP contribution in [0.1, 0.15) is 35.2 Å². The van der Waals surface area contributed by atoms with Gasteiger partial charge in [0.05, 0.1) is 16.6 Å². The molecule has 1 unspecified atom stereocenters. The Morgan fingerprint density at radius 3 is 2.86 bits per heavy atom. The number of benzene rings is 1. The molecule has 1 heterocycles. The van der Waals surface area contributed by atoms with Crippen LogP contribution in [0.25, 0.3) is 0 Å². The Morgan fingerprint density at radius 2 is 2.29 bits per heavy atom. The van der Waals surface area contributed by atoms with E-state index in [0.717, 1.165) is 31.9 Å². The number of nitrogens with zero attached hydrogens (tertiary/aromatic N) is 1. The van der Waals surface area contributed by atoms with Gasteiger partial charge in [0.2, 0.25) is 0 Å². The van der Waals surface area contributed by atoms with Crippen LogP contribution in [-0.2, 0) is 4.74 Å². The van der Waals surface area contributed by atoms with Crippen LogP contribution in [0.5, 0.6) is 0 Å². The van der Waals surface area contributed by atoms with Gasteiger partial charge in [-0.05, 0) is 32.3 Å². The summed E-state index contributed by atoms with van der Waals surface area (Å²) in [6.07, 6.45) is 3.15. The minimum Gasteiger partial charge on any atom is -0.478 e. The SMILES string of the molecule is Cc1c(NCC2CCCCO2)cc(C(=O)O)cc1[N+](=O)[O-]. The van der Waals surface area contributed by atoms with Gasteiger partial charge in [-0.15, -0.1) is 0 Å². The van der Waals surface area contributed by atoms with Crippen LogP contribution >= 0.6 is 0 Å². The predicted molar refractivity (Wildman–Crippen MR) is 76.9 cm³/mol. The zero-order valence-corrected chi connectivity index (χ0v) is 11.8. The van der Waals surface area contributed by atoms with Crippen molar-refractivity contribution < 1.29 is 19.6 Å². The van der Waals surface area contributed by atoms with Gasteiger partial charge in [-0.25, -0.2) is 4.79 Å². The number of aromatic carboxylic acids is 1. The van der Waals surface area contributed by atoms with Gasteiger partial charge in [0.1, 0.15) is 0 Å². The number of rotatable bonds is 5. The van der Waals surface area contributed by atoms with Gasteiger partial charge in [-0.2, -0.15) is 0 Å². The highest BCUT2D eigenvalue weighted by Crippen LogP contribution is 2.28. The second-order valence-corrected chi connectivity index (χ2v) is 5.10. The van der Waals surface area contributed by atoms with E-state index in [2.05, 4.69) is 5.32 Å². The first-order valence-electron chi connectivity index (χ1n) is 6.87. The molecule has 0 amide bonds. The lowest BCUT2D eigenvalue weighted by Crippen LogP contribution is -2.27. The summed E-state index contributed by atoms with van der Waals surface area (Å²) in [5.74, 6) is -1.19. The maximum Gasteiger partial charge on any atom is 0.336 e. The molecule has 0 bridgehead atoms. The minimum atomic E-state index is -1.19. The van der Waals surface area contributed by atoms with E-state index in [1.165, 1.54) is 6.07 Å². The highest BCUT2D eigenvalue weighted by atomic mass is 16.6. The third-order valence-electron chi connectivity index (χ3n) is 3.62. The van der Waals surface area contributed by atoms with Crippen molar-refractivity contribution in [2.24, 2.45) is 0 Å². The van der Waals surface area contributed by atoms with E-state index < -0.39 is 10.9 Å². The molecule has 7 heteroatoms. The van der Waals surface area contributed by atoms with E-state index >= 15 is 0 Å². The second-order valence-electron chi connectivity index (χ2n) is 5.10. The van der Waals surface area contributed by atoms with Crippen molar-refractivity contribution in [2.45, 2.75) is 32.3 Å². The maximum absolute atomic E-state index is 11.1. The first kappa shape index (κ1) is 15.2. The van der Waals surface area contributed by atoms with Crippen molar-refractivity contribution >= 4 is 17.3 Å². The molecule has 1 aromatic rings. The lowest BCUT2D eigenvalue weighted by Gasteiger charge is -2.23. The minimum absolute atomic E-state index is 0.0608. The van der Waals surface area contributed by atoms with E-state index in [9.17, 15) is 14.9 Å². The molecular weight excluding hydrogens is 276 g/mol. The van der Waals surface area contributed by atoms with Crippen LogP contribution in [-0.4, -0.2) is 35.3 Å². The maximum atomic E-state index is 11.1. The fourth-order valence-corrected chi connectivity index (χ4v) is 2.39. The number of nitro benzene ring substituents is 1. The van der Waals surface area contributed by atoms with Crippen molar-refractivity contribution in [3.63, 3.8) is 0 Å². The summed E-state index contributed by atoms with van der Waals surface area (Å²) in [5.41, 5.74) is 0.609. The average Bonchev–Trinajstić information content (AvgIpc) is 2.46. The third kappa shape index (κ3) is 3.69. The number of nitro groups is 1. The number of carboxylic acids is 1. The van der Waals surface area contributed by atoms with Crippen molar-refractivity contribution in [2.75, 3.05) is 18.5 Å². The Labute approximate surface area is 122 Å². The highest BCUT2D eigenvalue weighted by Gasteiger charge is 2.20. The fraction of sp³-hybridized carbons (Fsp3) is 0.500. The van der Waals surface area contributed by atoms with Gasteiger partial charge in [-0.3, -0.25) is 10.1 Å².